The molecule has 4 heteroatoms. The van der Waals surface area contributed by atoms with Crippen LogP contribution < -0.4 is 4.74 Å². The van der Waals surface area contributed by atoms with Crippen LogP contribution in [-0.4, -0.2) is 30.9 Å². The van der Waals surface area contributed by atoms with Gasteiger partial charge in [-0.2, -0.15) is 0 Å². The lowest BCUT2D eigenvalue weighted by Crippen LogP contribution is -2.12. The number of hydrogen-bond acceptors (Lipinski definition) is 4. The maximum atomic E-state index is 11.0. The van der Waals surface area contributed by atoms with Crippen LogP contribution in [0.2, 0.25) is 0 Å². The Kier molecular flexibility index (Phi) is 5.36. The van der Waals surface area contributed by atoms with E-state index in [-0.39, 0.29) is 32.2 Å². The standard InChI is InChI=1S/C12H16O4/c1-10-2-4-11(5-3-10)15-8-6-12(14)16-9-7-13/h2-5,13H,6-9H2,1H3. The number of benzene rings is 1. The summed E-state index contributed by atoms with van der Waals surface area (Å²) in [5.74, 6) is 0.377. The van der Waals surface area contributed by atoms with E-state index in [9.17, 15) is 4.79 Å². The van der Waals surface area contributed by atoms with Crippen molar-refractivity contribution < 1.29 is 19.4 Å². The minimum atomic E-state index is -0.360. The van der Waals surface area contributed by atoms with Crippen molar-refractivity contribution in [2.24, 2.45) is 0 Å². The summed E-state index contributed by atoms with van der Waals surface area (Å²) in [6.07, 6.45) is 0.188. The Morgan fingerprint density at radius 2 is 1.94 bits per heavy atom. The quantitative estimate of drug-likeness (QED) is 0.740. The van der Waals surface area contributed by atoms with Gasteiger partial charge in [-0.1, -0.05) is 17.7 Å². The van der Waals surface area contributed by atoms with Gasteiger partial charge in [0.1, 0.15) is 12.4 Å². The van der Waals surface area contributed by atoms with E-state index in [0.717, 1.165) is 11.3 Å². The summed E-state index contributed by atoms with van der Waals surface area (Å²) in [6.45, 7) is 2.18. The van der Waals surface area contributed by atoms with Gasteiger partial charge in [-0.05, 0) is 19.1 Å². The Hall–Kier alpha value is -1.55. The molecule has 0 aliphatic carbocycles. The molecule has 0 radical (unpaired) electrons. The van der Waals surface area contributed by atoms with Gasteiger partial charge in [0.05, 0.1) is 19.6 Å². The number of ether oxygens (including phenoxy) is 2. The highest BCUT2D eigenvalue weighted by Crippen LogP contribution is 2.11. The molecule has 4 nitrogen and oxygen atoms in total. The summed E-state index contributed by atoms with van der Waals surface area (Å²) in [5, 5.41) is 8.44. The Balaban J connectivity index is 2.20. The zero-order valence-corrected chi connectivity index (χ0v) is 9.31. The topological polar surface area (TPSA) is 55.8 Å². The number of hydrogen-bond donors (Lipinski definition) is 1. The van der Waals surface area contributed by atoms with Gasteiger partial charge in [0, 0.05) is 0 Å². The van der Waals surface area contributed by atoms with Crippen molar-refractivity contribution in [3.8, 4) is 5.75 Å². The van der Waals surface area contributed by atoms with Crippen LogP contribution in [0.25, 0.3) is 0 Å². The molecule has 16 heavy (non-hydrogen) atoms. The van der Waals surface area contributed by atoms with E-state index < -0.39 is 0 Å². The van der Waals surface area contributed by atoms with E-state index in [2.05, 4.69) is 4.74 Å². The predicted octanol–water partition coefficient (Wildman–Crippen LogP) is 1.30. The van der Waals surface area contributed by atoms with Gasteiger partial charge in [-0.3, -0.25) is 4.79 Å². The van der Waals surface area contributed by atoms with Gasteiger partial charge in [-0.15, -0.1) is 0 Å². The molecule has 0 fully saturated rings. The van der Waals surface area contributed by atoms with E-state index >= 15 is 0 Å². The number of aliphatic hydroxyl groups excluding tert-OH is 1. The highest BCUT2D eigenvalue weighted by Gasteiger charge is 2.02. The smallest absolute Gasteiger partial charge is 0.309 e. The van der Waals surface area contributed by atoms with Crippen molar-refractivity contribution in [1.82, 2.24) is 0 Å². The molecule has 1 rings (SSSR count). The molecule has 1 N–H and O–H groups in total. The van der Waals surface area contributed by atoms with Gasteiger partial charge >= 0.3 is 5.97 Å². The zero-order valence-electron chi connectivity index (χ0n) is 9.31. The van der Waals surface area contributed by atoms with Crippen LogP contribution in [0.5, 0.6) is 5.75 Å². The minimum Gasteiger partial charge on any atom is -0.493 e. The van der Waals surface area contributed by atoms with Crippen LogP contribution in [0.4, 0.5) is 0 Å². The molecule has 0 heterocycles. The number of carbonyl (C=O) groups excluding carboxylic acids is 1. The maximum Gasteiger partial charge on any atom is 0.309 e. The van der Waals surface area contributed by atoms with Gasteiger partial charge in [-0.25, -0.2) is 0 Å². The molecule has 0 aliphatic rings. The molecule has 88 valence electrons. The minimum absolute atomic E-state index is 0.0450. The van der Waals surface area contributed by atoms with Gasteiger partial charge in [0.15, 0.2) is 0 Å². The fourth-order valence-electron chi connectivity index (χ4n) is 1.12. The SMILES string of the molecule is Cc1ccc(OCCC(=O)OCCO)cc1. The largest absolute Gasteiger partial charge is 0.493 e. The number of aliphatic hydroxyl groups is 1. The van der Waals surface area contributed by atoms with Crippen LogP contribution in [-0.2, 0) is 9.53 Å². The van der Waals surface area contributed by atoms with Crippen molar-refractivity contribution in [3.05, 3.63) is 29.8 Å². The highest BCUT2D eigenvalue weighted by molar-refractivity contribution is 5.69. The summed E-state index contributed by atoms with van der Waals surface area (Å²) in [7, 11) is 0. The molecule has 0 amide bonds. The molecule has 0 saturated carbocycles. The van der Waals surface area contributed by atoms with E-state index in [0.29, 0.717) is 0 Å². The van der Waals surface area contributed by atoms with Gasteiger partial charge in [0.2, 0.25) is 0 Å². The Bertz CT molecular complexity index is 318. The third kappa shape index (κ3) is 4.79. The second-order valence-corrected chi connectivity index (χ2v) is 3.36. The molecule has 0 bridgehead atoms. The molecule has 1 aromatic carbocycles. The van der Waals surface area contributed by atoms with Crippen molar-refractivity contribution in [2.75, 3.05) is 19.8 Å². The fourth-order valence-corrected chi connectivity index (χ4v) is 1.12. The molecule has 0 aromatic heterocycles. The lowest BCUT2D eigenvalue weighted by Gasteiger charge is -2.06. The second kappa shape index (κ2) is 6.85. The summed E-state index contributed by atoms with van der Waals surface area (Å²) in [6, 6.07) is 7.60. The molecule has 0 atom stereocenters. The second-order valence-electron chi connectivity index (χ2n) is 3.36. The highest BCUT2D eigenvalue weighted by atomic mass is 16.5. The lowest BCUT2D eigenvalue weighted by atomic mass is 10.2. The Morgan fingerprint density at radius 3 is 2.56 bits per heavy atom. The first-order valence-electron chi connectivity index (χ1n) is 5.18. The third-order valence-electron chi connectivity index (χ3n) is 1.95. The Labute approximate surface area is 94.8 Å². The first-order valence-corrected chi connectivity index (χ1v) is 5.18. The fraction of sp³-hybridized carbons (Fsp3) is 0.417. The van der Waals surface area contributed by atoms with Crippen LogP contribution in [0.3, 0.4) is 0 Å². The van der Waals surface area contributed by atoms with Crippen molar-refractivity contribution >= 4 is 5.97 Å². The summed E-state index contributed by atoms with van der Waals surface area (Å²) < 4.78 is 10.0. The summed E-state index contributed by atoms with van der Waals surface area (Å²) in [4.78, 5) is 11.0. The first-order chi connectivity index (χ1) is 7.72. The average molecular weight is 224 g/mol. The molecule has 0 aliphatic heterocycles. The monoisotopic (exact) mass is 224 g/mol. The number of carbonyl (C=O) groups is 1. The first kappa shape index (κ1) is 12.5. The van der Waals surface area contributed by atoms with Crippen LogP contribution in [0, 0.1) is 6.92 Å². The van der Waals surface area contributed by atoms with Crippen LogP contribution in [0.1, 0.15) is 12.0 Å². The van der Waals surface area contributed by atoms with Crippen LogP contribution in [0.15, 0.2) is 24.3 Å². The van der Waals surface area contributed by atoms with E-state index in [1.54, 1.807) is 0 Å². The number of esters is 1. The van der Waals surface area contributed by atoms with E-state index in [1.165, 1.54) is 0 Å². The third-order valence-corrected chi connectivity index (χ3v) is 1.95. The lowest BCUT2D eigenvalue weighted by molar-refractivity contribution is -0.145. The molecule has 0 unspecified atom stereocenters. The van der Waals surface area contributed by atoms with Crippen LogP contribution >= 0.6 is 0 Å². The molecule has 0 spiro atoms. The number of aryl methyl sites for hydroxylation is 1. The summed E-state index contributed by atoms with van der Waals surface area (Å²) >= 11 is 0. The average Bonchev–Trinajstić information content (AvgIpc) is 2.29. The molecule has 0 saturated heterocycles. The van der Waals surface area contributed by atoms with Gasteiger partial charge < -0.3 is 14.6 Å². The predicted molar refractivity (Wildman–Crippen MR) is 59.3 cm³/mol. The van der Waals surface area contributed by atoms with E-state index in [4.69, 9.17) is 9.84 Å². The van der Waals surface area contributed by atoms with E-state index in [1.807, 2.05) is 31.2 Å². The molecular weight excluding hydrogens is 208 g/mol. The van der Waals surface area contributed by atoms with Gasteiger partial charge in [0.25, 0.3) is 0 Å². The zero-order chi connectivity index (χ0) is 11.8. The Morgan fingerprint density at radius 1 is 1.25 bits per heavy atom. The van der Waals surface area contributed by atoms with Crippen molar-refractivity contribution in [3.63, 3.8) is 0 Å². The van der Waals surface area contributed by atoms with Crippen molar-refractivity contribution in [1.29, 1.82) is 0 Å². The molecular formula is C12H16O4. The maximum absolute atomic E-state index is 11.0. The van der Waals surface area contributed by atoms with Crippen molar-refractivity contribution in [2.45, 2.75) is 13.3 Å². The molecule has 1 aromatic rings. The normalized spacial score (nSPS) is 9.88. The number of rotatable bonds is 6. The summed E-state index contributed by atoms with van der Waals surface area (Å²) in [5.41, 5.74) is 1.16.